The maximum atomic E-state index is 5.43. The third kappa shape index (κ3) is 5.20. The van der Waals surface area contributed by atoms with E-state index in [0.717, 1.165) is 67.0 Å². The predicted molar refractivity (Wildman–Crippen MR) is 115 cm³/mol. The third-order valence-electron chi connectivity index (χ3n) is 5.13. The maximum Gasteiger partial charge on any atom is 0.191 e. The number of nitrogens with zero attached hydrogens (tertiary/aromatic N) is 4. The van der Waals surface area contributed by atoms with Gasteiger partial charge in [0, 0.05) is 25.4 Å². The lowest BCUT2D eigenvalue weighted by atomic mass is 10.1. The Kier molecular flexibility index (Phi) is 6.32. The molecule has 0 saturated heterocycles. The second-order valence-electron chi connectivity index (χ2n) is 7.41. The number of aromatic nitrogens is 3. The summed E-state index contributed by atoms with van der Waals surface area (Å²) in [6.45, 7) is 4.05. The van der Waals surface area contributed by atoms with Crippen LogP contribution in [0.3, 0.4) is 0 Å². The Balaban J connectivity index is 1.40. The smallest absolute Gasteiger partial charge is 0.191 e. The number of guanidine groups is 1. The van der Waals surface area contributed by atoms with Crippen LogP contribution in [0.4, 0.5) is 0 Å². The Morgan fingerprint density at radius 2 is 2.17 bits per heavy atom. The molecular weight excluding hydrogens is 380 g/mol. The molecule has 8 nitrogen and oxygen atoms in total. The number of furan rings is 1. The molecule has 8 heteroatoms. The summed E-state index contributed by atoms with van der Waals surface area (Å²) < 4.78 is 12.7. The van der Waals surface area contributed by atoms with Gasteiger partial charge in [-0.1, -0.05) is 12.1 Å². The molecule has 158 valence electrons. The van der Waals surface area contributed by atoms with Crippen molar-refractivity contribution in [3.8, 4) is 5.75 Å². The van der Waals surface area contributed by atoms with Crippen LogP contribution in [0.5, 0.6) is 5.75 Å². The van der Waals surface area contributed by atoms with E-state index in [-0.39, 0.29) is 6.04 Å². The molecule has 0 fully saturated rings. The number of fused-ring (bicyclic) bond motifs is 1. The Morgan fingerprint density at radius 3 is 2.93 bits per heavy atom. The number of aliphatic imine (C=N–C) groups is 1. The van der Waals surface area contributed by atoms with Crippen molar-refractivity contribution in [3.63, 3.8) is 0 Å². The minimum Gasteiger partial charge on any atom is -0.497 e. The summed E-state index contributed by atoms with van der Waals surface area (Å²) in [4.78, 5) is 9.29. The van der Waals surface area contributed by atoms with Crippen molar-refractivity contribution in [1.29, 1.82) is 0 Å². The molecule has 2 aromatic heterocycles. The van der Waals surface area contributed by atoms with Crippen LogP contribution in [0.2, 0.25) is 0 Å². The van der Waals surface area contributed by atoms with E-state index >= 15 is 0 Å². The van der Waals surface area contributed by atoms with Crippen LogP contribution >= 0.6 is 0 Å². The molecule has 3 aromatic rings. The standard InChI is InChI=1S/C22H28N6O2/c1-16-25-21-10-7-18(15-28(21)27-16)26-22(23-12-11-20-4-3-13-30-20)24-14-17-5-8-19(29-2)9-6-17/h3-6,8-9,13,18H,7,10-12,14-15H2,1-2H3,(H2,23,24,26). The highest BCUT2D eigenvalue weighted by atomic mass is 16.5. The first-order valence-electron chi connectivity index (χ1n) is 10.3. The average molecular weight is 409 g/mol. The fraction of sp³-hybridized carbons (Fsp3) is 0.409. The summed E-state index contributed by atoms with van der Waals surface area (Å²) >= 11 is 0. The molecule has 1 unspecified atom stereocenters. The van der Waals surface area contributed by atoms with E-state index in [2.05, 4.69) is 20.7 Å². The SMILES string of the molecule is COc1ccc(CN=C(NCCc2ccco2)NC2CCc3nc(C)nn3C2)cc1. The van der Waals surface area contributed by atoms with Crippen molar-refractivity contribution >= 4 is 5.96 Å². The molecule has 1 atom stereocenters. The topological polar surface area (TPSA) is 89.5 Å². The summed E-state index contributed by atoms with van der Waals surface area (Å²) in [5.41, 5.74) is 1.13. The summed E-state index contributed by atoms with van der Waals surface area (Å²) in [5.74, 6) is 4.49. The zero-order valence-corrected chi connectivity index (χ0v) is 17.5. The average Bonchev–Trinajstić information content (AvgIpc) is 3.40. The van der Waals surface area contributed by atoms with E-state index < -0.39 is 0 Å². The fourth-order valence-corrected chi connectivity index (χ4v) is 3.56. The van der Waals surface area contributed by atoms with Crippen LogP contribution in [-0.4, -0.2) is 40.4 Å². The Hall–Kier alpha value is -3.29. The zero-order chi connectivity index (χ0) is 20.8. The lowest BCUT2D eigenvalue weighted by Gasteiger charge is -2.25. The van der Waals surface area contributed by atoms with Crippen LogP contribution in [0.1, 0.15) is 29.4 Å². The van der Waals surface area contributed by atoms with Crippen LogP contribution in [0.25, 0.3) is 0 Å². The monoisotopic (exact) mass is 408 g/mol. The quantitative estimate of drug-likeness (QED) is 0.461. The largest absolute Gasteiger partial charge is 0.497 e. The van der Waals surface area contributed by atoms with Crippen molar-refractivity contribution in [1.82, 2.24) is 25.4 Å². The van der Waals surface area contributed by atoms with Crippen molar-refractivity contribution in [2.24, 2.45) is 4.99 Å². The molecule has 0 spiro atoms. The molecule has 0 radical (unpaired) electrons. The van der Waals surface area contributed by atoms with Gasteiger partial charge in [0.15, 0.2) is 5.96 Å². The lowest BCUT2D eigenvalue weighted by Crippen LogP contribution is -2.47. The van der Waals surface area contributed by atoms with Gasteiger partial charge >= 0.3 is 0 Å². The van der Waals surface area contributed by atoms with Gasteiger partial charge in [0.25, 0.3) is 0 Å². The predicted octanol–water partition coefficient (Wildman–Crippen LogP) is 2.48. The van der Waals surface area contributed by atoms with E-state index in [1.165, 1.54) is 0 Å². The summed E-state index contributed by atoms with van der Waals surface area (Å²) in [6, 6.07) is 12.1. The molecule has 1 aliphatic rings. The van der Waals surface area contributed by atoms with Gasteiger partial charge in [-0.15, -0.1) is 0 Å². The minimum absolute atomic E-state index is 0.254. The highest BCUT2D eigenvalue weighted by Gasteiger charge is 2.21. The summed E-state index contributed by atoms with van der Waals surface area (Å²) in [6.07, 6.45) is 4.41. The highest BCUT2D eigenvalue weighted by molar-refractivity contribution is 5.80. The third-order valence-corrected chi connectivity index (χ3v) is 5.13. The number of ether oxygens (including phenoxy) is 1. The number of aryl methyl sites for hydroxylation is 2. The van der Waals surface area contributed by atoms with Crippen LogP contribution in [0.15, 0.2) is 52.1 Å². The van der Waals surface area contributed by atoms with E-state index in [4.69, 9.17) is 14.1 Å². The van der Waals surface area contributed by atoms with Crippen LogP contribution < -0.4 is 15.4 Å². The Bertz CT molecular complexity index is 962. The second-order valence-corrected chi connectivity index (χ2v) is 7.41. The summed E-state index contributed by atoms with van der Waals surface area (Å²) in [5, 5.41) is 11.5. The van der Waals surface area contributed by atoms with Gasteiger partial charge in [-0.25, -0.2) is 14.7 Å². The highest BCUT2D eigenvalue weighted by Crippen LogP contribution is 2.14. The second kappa shape index (κ2) is 9.47. The van der Waals surface area contributed by atoms with Gasteiger partial charge in [-0.3, -0.25) is 0 Å². The minimum atomic E-state index is 0.254. The van der Waals surface area contributed by atoms with E-state index in [1.54, 1.807) is 13.4 Å². The van der Waals surface area contributed by atoms with E-state index in [0.29, 0.717) is 6.54 Å². The van der Waals surface area contributed by atoms with Crippen molar-refractivity contribution < 1.29 is 9.15 Å². The zero-order valence-electron chi connectivity index (χ0n) is 17.5. The van der Waals surface area contributed by atoms with Gasteiger partial charge in [-0.05, 0) is 43.2 Å². The molecule has 4 rings (SSSR count). The van der Waals surface area contributed by atoms with Crippen LogP contribution in [0, 0.1) is 6.92 Å². The Morgan fingerprint density at radius 1 is 1.30 bits per heavy atom. The molecule has 1 aliphatic heterocycles. The number of hydrogen-bond donors (Lipinski definition) is 2. The van der Waals surface area contributed by atoms with E-state index in [1.807, 2.05) is 48.0 Å². The molecule has 0 bridgehead atoms. The normalized spacial score (nSPS) is 16.2. The maximum absolute atomic E-state index is 5.43. The molecule has 30 heavy (non-hydrogen) atoms. The fourth-order valence-electron chi connectivity index (χ4n) is 3.56. The van der Waals surface area contributed by atoms with Crippen molar-refractivity contribution in [3.05, 3.63) is 65.6 Å². The van der Waals surface area contributed by atoms with Gasteiger partial charge in [-0.2, -0.15) is 5.10 Å². The van der Waals surface area contributed by atoms with Crippen molar-refractivity contribution in [2.75, 3.05) is 13.7 Å². The van der Waals surface area contributed by atoms with E-state index in [9.17, 15) is 0 Å². The molecule has 1 aromatic carbocycles. The first kappa shape index (κ1) is 20.0. The molecule has 3 heterocycles. The van der Waals surface area contributed by atoms with Gasteiger partial charge in [0.2, 0.25) is 0 Å². The van der Waals surface area contributed by atoms with Gasteiger partial charge in [0.1, 0.15) is 23.2 Å². The molecule has 2 N–H and O–H groups in total. The Labute approximate surface area is 176 Å². The lowest BCUT2D eigenvalue weighted by molar-refractivity contribution is 0.392. The number of nitrogens with one attached hydrogen (secondary N) is 2. The molecule has 0 amide bonds. The molecular formula is C22H28N6O2. The first-order valence-corrected chi connectivity index (χ1v) is 10.3. The van der Waals surface area contributed by atoms with Crippen LogP contribution in [-0.2, 0) is 25.9 Å². The first-order chi connectivity index (χ1) is 14.7. The number of rotatable bonds is 7. The molecule has 0 aliphatic carbocycles. The van der Waals surface area contributed by atoms with Gasteiger partial charge < -0.3 is 19.8 Å². The number of hydrogen-bond acceptors (Lipinski definition) is 5. The summed E-state index contributed by atoms with van der Waals surface area (Å²) in [7, 11) is 1.67. The molecule has 0 saturated carbocycles. The number of benzene rings is 1. The van der Waals surface area contributed by atoms with Crippen molar-refractivity contribution in [2.45, 2.75) is 45.3 Å². The van der Waals surface area contributed by atoms with Gasteiger partial charge in [0.05, 0.1) is 26.5 Å². The number of methoxy groups -OCH3 is 1.